The highest BCUT2D eigenvalue weighted by Crippen LogP contribution is 2.37. The van der Waals surface area contributed by atoms with Crippen molar-refractivity contribution < 1.29 is 36.2 Å². The third-order valence-corrected chi connectivity index (χ3v) is 9.04. The van der Waals surface area contributed by atoms with Gasteiger partial charge in [0.1, 0.15) is 6.61 Å². The molecule has 2 aliphatic heterocycles. The number of piperidine rings is 2. The topological polar surface area (TPSA) is 100 Å². The van der Waals surface area contributed by atoms with E-state index in [1.54, 1.807) is 29.4 Å². The van der Waals surface area contributed by atoms with E-state index in [-0.39, 0.29) is 25.7 Å². The van der Waals surface area contributed by atoms with Crippen molar-refractivity contribution in [3.8, 4) is 0 Å². The number of aromatic nitrogens is 1. The SMILES string of the molecule is O=C(COCC1CCCCN1S(=O)(=O)c1ccccc1C(F)(F)F)N1CCC(O)(c2cccnc2)CC1. The minimum Gasteiger partial charge on any atom is -0.385 e. The van der Waals surface area contributed by atoms with Crippen LogP contribution in [0.2, 0.25) is 0 Å². The molecule has 202 valence electrons. The van der Waals surface area contributed by atoms with Gasteiger partial charge in [0.15, 0.2) is 0 Å². The van der Waals surface area contributed by atoms with Crippen LogP contribution < -0.4 is 0 Å². The number of carbonyl (C=O) groups is 1. The van der Waals surface area contributed by atoms with Crippen molar-refractivity contribution in [2.24, 2.45) is 0 Å². The van der Waals surface area contributed by atoms with E-state index in [0.717, 1.165) is 22.5 Å². The van der Waals surface area contributed by atoms with Crippen LogP contribution in [0, 0.1) is 0 Å². The number of amides is 1. The number of halogens is 3. The van der Waals surface area contributed by atoms with E-state index < -0.39 is 38.3 Å². The first-order chi connectivity index (χ1) is 17.5. The summed E-state index contributed by atoms with van der Waals surface area (Å²) in [4.78, 5) is 17.5. The third-order valence-electron chi connectivity index (χ3n) is 7.03. The molecule has 4 rings (SSSR count). The minimum atomic E-state index is -4.81. The smallest absolute Gasteiger partial charge is 0.385 e. The summed E-state index contributed by atoms with van der Waals surface area (Å²) in [5.74, 6) is -0.291. The largest absolute Gasteiger partial charge is 0.417 e. The molecule has 8 nitrogen and oxygen atoms in total. The second-order valence-corrected chi connectivity index (χ2v) is 11.3. The molecule has 1 amide bonds. The summed E-state index contributed by atoms with van der Waals surface area (Å²) in [6.45, 7) is 0.342. The summed E-state index contributed by atoms with van der Waals surface area (Å²) >= 11 is 0. The summed E-state index contributed by atoms with van der Waals surface area (Å²) in [7, 11) is -4.43. The highest BCUT2D eigenvalue weighted by molar-refractivity contribution is 7.89. The number of aliphatic hydroxyl groups is 1. The first-order valence-corrected chi connectivity index (χ1v) is 13.6. The number of alkyl halides is 3. The summed E-state index contributed by atoms with van der Waals surface area (Å²) < 4.78 is 73.6. The van der Waals surface area contributed by atoms with Crippen LogP contribution in [0.5, 0.6) is 0 Å². The van der Waals surface area contributed by atoms with Crippen LogP contribution in [0.25, 0.3) is 0 Å². The molecule has 0 spiro atoms. The van der Waals surface area contributed by atoms with Crippen LogP contribution in [-0.4, -0.2) is 72.5 Å². The second-order valence-electron chi connectivity index (χ2n) is 9.43. The zero-order valence-electron chi connectivity index (χ0n) is 20.2. The van der Waals surface area contributed by atoms with E-state index >= 15 is 0 Å². The fraction of sp³-hybridized carbons (Fsp3) is 0.520. The highest BCUT2D eigenvalue weighted by Gasteiger charge is 2.41. The lowest BCUT2D eigenvalue weighted by atomic mass is 9.85. The second kappa shape index (κ2) is 11.1. The molecule has 37 heavy (non-hydrogen) atoms. The number of benzene rings is 1. The van der Waals surface area contributed by atoms with Crippen molar-refractivity contribution in [2.75, 3.05) is 32.8 Å². The van der Waals surface area contributed by atoms with Crippen LogP contribution in [0.1, 0.15) is 43.2 Å². The van der Waals surface area contributed by atoms with Crippen molar-refractivity contribution in [1.82, 2.24) is 14.2 Å². The van der Waals surface area contributed by atoms with E-state index in [0.29, 0.717) is 50.8 Å². The van der Waals surface area contributed by atoms with Crippen LogP contribution in [-0.2, 0) is 31.3 Å². The average molecular weight is 542 g/mol. The molecule has 0 bridgehead atoms. The molecule has 0 radical (unpaired) electrons. The summed E-state index contributed by atoms with van der Waals surface area (Å²) in [5.41, 5.74) is -1.56. The molecule has 1 aromatic heterocycles. The number of carbonyl (C=O) groups excluding carboxylic acids is 1. The van der Waals surface area contributed by atoms with Gasteiger partial charge in [-0.2, -0.15) is 17.5 Å². The fourth-order valence-corrected chi connectivity index (χ4v) is 6.83. The van der Waals surface area contributed by atoms with Gasteiger partial charge in [-0.25, -0.2) is 8.42 Å². The van der Waals surface area contributed by atoms with E-state index in [9.17, 15) is 31.5 Å². The number of hydrogen-bond acceptors (Lipinski definition) is 6. The number of nitrogens with zero attached hydrogens (tertiary/aromatic N) is 3. The van der Waals surface area contributed by atoms with Gasteiger partial charge in [0.25, 0.3) is 0 Å². The Morgan fingerprint density at radius 3 is 2.51 bits per heavy atom. The Morgan fingerprint density at radius 1 is 1.11 bits per heavy atom. The number of rotatable bonds is 7. The predicted octanol–water partition coefficient (Wildman–Crippen LogP) is 3.17. The van der Waals surface area contributed by atoms with Gasteiger partial charge in [0.2, 0.25) is 15.9 Å². The molecule has 12 heteroatoms. The van der Waals surface area contributed by atoms with Gasteiger partial charge in [-0.1, -0.05) is 24.6 Å². The maximum Gasteiger partial charge on any atom is 0.417 e. The van der Waals surface area contributed by atoms with Crippen molar-refractivity contribution in [3.05, 3.63) is 59.9 Å². The number of likely N-dealkylation sites (tertiary alicyclic amines) is 1. The number of ether oxygens (including phenoxy) is 1. The Kier molecular flexibility index (Phi) is 8.22. The summed E-state index contributed by atoms with van der Waals surface area (Å²) in [6.07, 6.45) is 0.757. The Hall–Kier alpha value is -2.54. The van der Waals surface area contributed by atoms with Gasteiger partial charge in [0, 0.05) is 43.6 Å². The third kappa shape index (κ3) is 6.14. The van der Waals surface area contributed by atoms with Gasteiger partial charge in [0.05, 0.1) is 22.7 Å². The zero-order valence-corrected chi connectivity index (χ0v) is 21.0. The number of pyridine rings is 1. The molecule has 2 fully saturated rings. The summed E-state index contributed by atoms with van der Waals surface area (Å²) in [5, 5.41) is 10.9. The molecule has 2 aliphatic rings. The Labute approximate surface area is 214 Å². The lowest BCUT2D eigenvalue weighted by Crippen LogP contribution is -2.48. The number of hydrogen-bond donors (Lipinski definition) is 1. The standard InChI is InChI=1S/C25H30F3N3O5S/c26-25(27,28)21-8-1-2-9-22(21)37(34,35)31-13-4-3-7-20(31)17-36-18-23(32)30-14-10-24(33,11-15-30)19-6-5-12-29-16-19/h1-2,5-6,8-9,12,16,20,33H,3-4,7,10-11,13-15,17-18H2. The van der Waals surface area contributed by atoms with E-state index in [2.05, 4.69) is 4.98 Å². The molecule has 2 aromatic rings. The van der Waals surface area contributed by atoms with Crippen molar-refractivity contribution in [1.29, 1.82) is 0 Å². The van der Waals surface area contributed by atoms with Gasteiger partial charge in [-0.15, -0.1) is 0 Å². The lowest BCUT2D eigenvalue weighted by molar-refractivity contribution is -0.141. The first-order valence-electron chi connectivity index (χ1n) is 12.2. The van der Waals surface area contributed by atoms with E-state index in [4.69, 9.17) is 4.74 Å². The van der Waals surface area contributed by atoms with Crippen LogP contribution >= 0.6 is 0 Å². The van der Waals surface area contributed by atoms with Crippen LogP contribution in [0.4, 0.5) is 13.2 Å². The van der Waals surface area contributed by atoms with Gasteiger partial charge < -0.3 is 14.7 Å². The van der Waals surface area contributed by atoms with Crippen molar-refractivity contribution >= 4 is 15.9 Å². The molecule has 0 aliphatic carbocycles. The molecular formula is C25H30F3N3O5S. The maximum atomic E-state index is 13.5. The Morgan fingerprint density at radius 2 is 1.84 bits per heavy atom. The zero-order chi connectivity index (χ0) is 26.7. The monoisotopic (exact) mass is 541 g/mol. The van der Waals surface area contributed by atoms with Gasteiger partial charge in [-0.3, -0.25) is 9.78 Å². The quantitative estimate of drug-likeness (QED) is 0.578. The average Bonchev–Trinajstić information content (AvgIpc) is 2.89. The number of sulfonamides is 1. The fourth-order valence-electron chi connectivity index (χ4n) is 4.94. The Balaban J connectivity index is 1.35. The highest BCUT2D eigenvalue weighted by atomic mass is 32.2. The molecule has 0 saturated carbocycles. The molecule has 1 unspecified atom stereocenters. The predicted molar refractivity (Wildman–Crippen MR) is 128 cm³/mol. The first kappa shape index (κ1) is 27.5. The molecular weight excluding hydrogens is 511 g/mol. The molecule has 1 N–H and O–H groups in total. The van der Waals surface area contributed by atoms with Crippen LogP contribution in [0.3, 0.4) is 0 Å². The Bertz CT molecular complexity index is 1190. The molecule has 3 heterocycles. The van der Waals surface area contributed by atoms with Crippen molar-refractivity contribution in [3.63, 3.8) is 0 Å². The van der Waals surface area contributed by atoms with E-state index in [1.165, 1.54) is 6.07 Å². The molecule has 2 saturated heterocycles. The van der Waals surface area contributed by atoms with Gasteiger partial charge >= 0.3 is 6.18 Å². The molecule has 1 aromatic carbocycles. The van der Waals surface area contributed by atoms with Crippen LogP contribution in [0.15, 0.2) is 53.7 Å². The molecule has 1 atom stereocenters. The maximum absolute atomic E-state index is 13.5. The minimum absolute atomic E-state index is 0.0789. The van der Waals surface area contributed by atoms with Gasteiger partial charge in [-0.05, 0) is 43.9 Å². The normalized spacial score (nSPS) is 21.1. The lowest BCUT2D eigenvalue weighted by Gasteiger charge is -2.38. The van der Waals surface area contributed by atoms with E-state index in [1.807, 2.05) is 0 Å². The van der Waals surface area contributed by atoms with Crippen molar-refractivity contribution in [2.45, 2.75) is 54.8 Å². The summed E-state index contributed by atoms with van der Waals surface area (Å²) in [6, 6.07) is 7.02.